The largest absolute Gasteiger partial charge is 0.449 e. The molecule has 0 bridgehead atoms. The van der Waals surface area contributed by atoms with Gasteiger partial charge in [0.25, 0.3) is 10.1 Å². The molecule has 2 aromatic rings. The highest BCUT2D eigenvalue weighted by Gasteiger charge is 2.33. The fraction of sp³-hybridized carbons (Fsp3) is 0.333. The van der Waals surface area contributed by atoms with Crippen LogP contribution in [-0.4, -0.2) is 17.9 Å². The maximum Gasteiger partial charge on any atom is 0.416 e. The summed E-state index contributed by atoms with van der Waals surface area (Å²) < 4.78 is 76.6. The van der Waals surface area contributed by atoms with Gasteiger partial charge in [0.2, 0.25) is 5.75 Å². The van der Waals surface area contributed by atoms with Crippen LogP contribution >= 0.6 is 0 Å². The molecule has 0 aliphatic heterocycles. The van der Waals surface area contributed by atoms with Gasteiger partial charge in [0, 0.05) is 6.07 Å². The Hall–Kier alpha value is -2.66. The molecule has 158 valence electrons. The lowest BCUT2D eigenvalue weighted by molar-refractivity contribution is -0.385. The first-order valence-corrected chi connectivity index (χ1v) is 9.87. The minimum atomic E-state index is -4.80. The number of alkyl halides is 3. The Morgan fingerprint density at radius 2 is 1.76 bits per heavy atom. The van der Waals surface area contributed by atoms with Crippen LogP contribution in [0.15, 0.2) is 41.3 Å². The number of benzene rings is 2. The summed E-state index contributed by atoms with van der Waals surface area (Å²) in [5, 5.41) is 11.2. The molecule has 0 aliphatic carbocycles. The molecule has 2 rings (SSSR count). The van der Waals surface area contributed by atoms with E-state index in [1.807, 2.05) is 13.8 Å². The van der Waals surface area contributed by atoms with Crippen LogP contribution in [0.3, 0.4) is 0 Å². The summed E-state index contributed by atoms with van der Waals surface area (Å²) in [7, 11) is -4.75. The second kappa shape index (κ2) is 8.37. The van der Waals surface area contributed by atoms with Crippen LogP contribution in [0.25, 0.3) is 0 Å². The number of aryl methyl sites for hydroxylation is 1. The lowest BCUT2D eigenvalue weighted by Gasteiger charge is -2.13. The van der Waals surface area contributed by atoms with Crippen molar-refractivity contribution >= 4 is 15.8 Å². The predicted octanol–water partition coefficient (Wildman–Crippen LogP) is 5.24. The average molecular weight is 433 g/mol. The van der Waals surface area contributed by atoms with Gasteiger partial charge in [0.1, 0.15) is 10.6 Å². The maximum atomic E-state index is 12.8. The van der Waals surface area contributed by atoms with Crippen LogP contribution in [0.1, 0.15) is 31.4 Å². The standard InChI is InChI=1S/C18H18F3NO6S/c1-11(2)3-4-12-5-7-16(17(9-12)29(25,26)27)28-15-8-6-13(18(19,20)21)10-14(15)22(23)24/h5-11H,3-4H2,1-2H3,(H,25,26,27). The Labute approximate surface area is 165 Å². The van der Waals surface area contributed by atoms with Crippen molar-refractivity contribution in [3.8, 4) is 11.5 Å². The molecule has 29 heavy (non-hydrogen) atoms. The third-order valence-electron chi connectivity index (χ3n) is 4.00. The average Bonchev–Trinajstić information content (AvgIpc) is 2.59. The van der Waals surface area contributed by atoms with E-state index in [9.17, 15) is 36.3 Å². The van der Waals surface area contributed by atoms with Crippen molar-refractivity contribution in [3.05, 3.63) is 57.6 Å². The molecule has 1 N–H and O–H groups in total. The molecule has 0 amide bonds. The molecule has 2 aromatic carbocycles. The number of nitrogens with zero attached hydrogens (tertiary/aromatic N) is 1. The highest BCUT2D eigenvalue weighted by molar-refractivity contribution is 7.86. The Morgan fingerprint density at radius 1 is 1.14 bits per heavy atom. The number of hydrogen-bond donors (Lipinski definition) is 1. The molecule has 7 nitrogen and oxygen atoms in total. The second-order valence-corrected chi connectivity index (χ2v) is 8.12. The third kappa shape index (κ3) is 5.91. The predicted molar refractivity (Wildman–Crippen MR) is 97.6 cm³/mol. The van der Waals surface area contributed by atoms with Crippen molar-refractivity contribution in [1.82, 2.24) is 0 Å². The molecule has 0 saturated carbocycles. The van der Waals surface area contributed by atoms with E-state index in [0.29, 0.717) is 30.0 Å². The Bertz CT molecular complexity index is 1020. The van der Waals surface area contributed by atoms with E-state index in [2.05, 4.69) is 0 Å². The Balaban J connectivity index is 2.49. The molecule has 0 saturated heterocycles. The van der Waals surface area contributed by atoms with Crippen molar-refractivity contribution < 1.29 is 35.8 Å². The fourth-order valence-electron chi connectivity index (χ4n) is 2.49. The lowest BCUT2D eigenvalue weighted by atomic mass is 10.0. The van der Waals surface area contributed by atoms with Crippen molar-refractivity contribution in [3.63, 3.8) is 0 Å². The quantitative estimate of drug-likeness (QED) is 0.363. The number of nitro benzene ring substituents is 1. The number of nitro groups is 1. The molecular formula is C18H18F3NO6S. The highest BCUT2D eigenvalue weighted by Crippen LogP contribution is 2.39. The van der Waals surface area contributed by atoms with E-state index < -0.39 is 48.9 Å². The van der Waals surface area contributed by atoms with Crippen molar-refractivity contribution in [1.29, 1.82) is 0 Å². The van der Waals surface area contributed by atoms with Gasteiger partial charge in [-0.1, -0.05) is 19.9 Å². The smallest absolute Gasteiger partial charge is 0.416 e. The van der Waals surface area contributed by atoms with Crippen LogP contribution in [0.2, 0.25) is 0 Å². The number of halogens is 3. The lowest BCUT2D eigenvalue weighted by Crippen LogP contribution is -2.07. The SMILES string of the molecule is CC(C)CCc1ccc(Oc2ccc(C(F)(F)F)cc2[N+](=O)[O-])c(S(=O)(=O)O)c1. The molecule has 11 heteroatoms. The summed E-state index contributed by atoms with van der Waals surface area (Å²) in [6.45, 7) is 3.95. The van der Waals surface area contributed by atoms with E-state index in [1.165, 1.54) is 18.2 Å². The van der Waals surface area contributed by atoms with Crippen molar-refractivity contribution in [2.24, 2.45) is 5.92 Å². The second-order valence-electron chi connectivity index (χ2n) is 6.73. The highest BCUT2D eigenvalue weighted by atomic mass is 32.2. The summed E-state index contributed by atoms with van der Waals surface area (Å²) in [5.41, 5.74) is -1.67. The topological polar surface area (TPSA) is 107 Å². The van der Waals surface area contributed by atoms with Crippen LogP contribution in [0, 0.1) is 16.0 Å². The third-order valence-corrected chi connectivity index (χ3v) is 4.87. The van der Waals surface area contributed by atoms with Crippen LogP contribution in [0.5, 0.6) is 11.5 Å². The number of hydrogen-bond acceptors (Lipinski definition) is 5. The number of ether oxygens (including phenoxy) is 1. The van der Waals surface area contributed by atoms with Gasteiger partial charge in [-0.05, 0) is 48.6 Å². The van der Waals surface area contributed by atoms with Crippen LogP contribution in [-0.2, 0) is 22.7 Å². The summed E-state index contributed by atoms with van der Waals surface area (Å²) in [5.74, 6) is -0.693. The van der Waals surface area contributed by atoms with E-state index in [-0.39, 0.29) is 0 Å². The number of rotatable bonds is 7. The molecule has 0 aromatic heterocycles. The van der Waals surface area contributed by atoms with E-state index in [4.69, 9.17) is 4.74 Å². The summed E-state index contributed by atoms with van der Waals surface area (Å²) in [6.07, 6.45) is -3.54. The molecule has 0 atom stereocenters. The molecule has 0 aliphatic rings. The van der Waals surface area contributed by atoms with Gasteiger partial charge in [-0.3, -0.25) is 14.7 Å². The molecule has 0 unspecified atom stereocenters. The zero-order valence-electron chi connectivity index (χ0n) is 15.4. The van der Waals surface area contributed by atoms with E-state index >= 15 is 0 Å². The minimum absolute atomic E-state index is 0.291. The van der Waals surface area contributed by atoms with E-state index in [0.717, 1.165) is 12.5 Å². The molecular weight excluding hydrogens is 415 g/mol. The van der Waals surface area contributed by atoms with Gasteiger partial charge in [0.15, 0.2) is 0 Å². The first-order valence-electron chi connectivity index (χ1n) is 8.43. The Morgan fingerprint density at radius 3 is 2.28 bits per heavy atom. The first kappa shape index (κ1) is 22.6. The molecule has 0 radical (unpaired) electrons. The van der Waals surface area contributed by atoms with Crippen LogP contribution in [0.4, 0.5) is 18.9 Å². The van der Waals surface area contributed by atoms with Gasteiger partial charge < -0.3 is 4.74 Å². The van der Waals surface area contributed by atoms with Gasteiger partial charge in [-0.15, -0.1) is 0 Å². The van der Waals surface area contributed by atoms with Gasteiger partial charge in [0.05, 0.1) is 10.5 Å². The zero-order chi connectivity index (χ0) is 22.0. The van der Waals surface area contributed by atoms with Crippen molar-refractivity contribution in [2.75, 3.05) is 0 Å². The normalized spacial score (nSPS) is 12.2. The first-order chi connectivity index (χ1) is 13.3. The van der Waals surface area contributed by atoms with Crippen LogP contribution < -0.4 is 4.74 Å². The molecule has 0 fully saturated rings. The maximum absolute atomic E-state index is 12.8. The summed E-state index contributed by atoms with van der Waals surface area (Å²) in [4.78, 5) is 9.46. The monoisotopic (exact) mass is 433 g/mol. The molecule has 0 spiro atoms. The van der Waals surface area contributed by atoms with Gasteiger partial charge in [-0.2, -0.15) is 21.6 Å². The fourth-order valence-corrected chi connectivity index (χ4v) is 3.15. The minimum Gasteiger partial charge on any atom is -0.449 e. The summed E-state index contributed by atoms with van der Waals surface area (Å²) >= 11 is 0. The summed E-state index contributed by atoms with van der Waals surface area (Å²) in [6, 6.07) is 5.47. The Kier molecular flexibility index (Phi) is 6.53. The van der Waals surface area contributed by atoms with Crippen molar-refractivity contribution in [2.45, 2.75) is 37.8 Å². The molecule has 0 heterocycles. The zero-order valence-corrected chi connectivity index (χ0v) is 16.2. The van der Waals surface area contributed by atoms with E-state index in [1.54, 1.807) is 0 Å². The van der Waals surface area contributed by atoms with Gasteiger partial charge >= 0.3 is 11.9 Å². The van der Waals surface area contributed by atoms with Gasteiger partial charge in [-0.25, -0.2) is 0 Å².